The summed E-state index contributed by atoms with van der Waals surface area (Å²) in [5.41, 5.74) is 0.443. The molecule has 0 bridgehead atoms. The Labute approximate surface area is 136 Å². The van der Waals surface area contributed by atoms with E-state index in [9.17, 15) is 25.2 Å². The molecule has 4 N–H and O–H groups in total. The van der Waals surface area contributed by atoms with E-state index in [4.69, 9.17) is 13.9 Å². The lowest BCUT2D eigenvalue weighted by molar-refractivity contribution is -0.281. The van der Waals surface area contributed by atoms with Gasteiger partial charge in [-0.25, -0.2) is 4.79 Å². The van der Waals surface area contributed by atoms with Gasteiger partial charge >= 0.3 is 5.63 Å². The van der Waals surface area contributed by atoms with Gasteiger partial charge in [-0.05, 0) is 18.6 Å². The van der Waals surface area contributed by atoms with Crippen LogP contribution in [-0.2, 0) is 4.74 Å². The van der Waals surface area contributed by atoms with Crippen LogP contribution >= 0.6 is 0 Å². The molecule has 2 aromatic rings. The molecule has 1 aromatic carbocycles. The first-order valence-electron chi connectivity index (χ1n) is 7.43. The standard InChI is InChI=1S/C16H18O8/c1-7-3-2-4-8-12(7)9(5-11(18)22-8)23-15-10(6-17)24-16(21)14(20)13(15)19/h2-5,10,13-17,19-21H,6H2,1H3/t10-,13-,14-,15-,16-/m1/s1. The normalized spacial score (nSPS) is 30.5. The Morgan fingerprint density at radius 2 is 1.96 bits per heavy atom. The minimum absolute atomic E-state index is 0.133. The van der Waals surface area contributed by atoms with Crippen molar-refractivity contribution in [2.45, 2.75) is 37.6 Å². The molecule has 1 aromatic heterocycles. The number of hydrogen-bond donors (Lipinski definition) is 4. The molecule has 1 aliphatic heterocycles. The minimum atomic E-state index is -1.64. The summed E-state index contributed by atoms with van der Waals surface area (Å²) in [5.74, 6) is 0.133. The third-order valence-corrected chi connectivity index (χ3v) is 4.04. The predicted molar refractivity (Wildman–Crippen MR) is 81.6 cm³/mol. The van der Waals surface area contributed by atoms with Crippen LogP contribution in [0.3, 0.4) is 0 Å². The van der Waals surface area contributed by atoms with Crippen LogP contribution in [-0.4, -0.2) is 57.7 Å². The monoisotopic (exact) mass is 338 g/mol. The van der Waals surface area contributed by atoms with Crippen molar-refractivity contribution in [1.82, 2.24) is 0 Å². The molecule has 1 aliphatic rings. The summed E-state index contributed by atoms with van der Waals surface area (Å²) in [6, 6.07) is 6.24. The molecular formula is C16H18O8. The highest BCUT2D eigenvalue weighted by Gasteiger charge is 2.45. The Morgan fingerprint density at radius 1 is 1.21 bits per heavy atom. The van der Waals surface area contributed by atoms with Gasteiger partial charge in [0, 0.05) is 0 Å². The SMILES string of the molecule is Cc1cccc2oc(=O)cc(O[C@H]3[C@H](O)[C@@H](O)[C@H](O)O[C@@H]3CO)c12. The van der Waals surface area contributed by atoms with E-state index in [-0.39, 0.29) is 5.75 Å². The van der Waals surface area contributed by atoms with E-state index in [0.717, 1.165) is 11.6 Å². The number of aliphatic hydroxyl groups is 4. The van der Waals surface area contributed by atoms with Crippen LogP contribution < -0.4 is 10.4 Å². The third-order valence-electron chi connectivity index (χ3n) is 4.04. The lowest BCUT2D eigenvalue weighted by Gasteiger charge is -2.40. The molecule has 1 fully saturated rings. The van der Waals surface area contributed by atoms with E-state index in [1.807, 2.05) is 0 Å². The van der Waals surface area contributed by atoms with Crippen LogP contribution in [0.25, 0.3) is 11.0 Å². The smallest absolute Gasteiger partial charge is 0.339 e. The molecule has 0 unspecified atom stereocenters. The van der Waals surface area contributed by atoms with E-state index in [2.05, 4.69) is 0 Å². The quantitative estimate of drug-likeness (QED) is 0.540. The first-order valence-corrected chi connectivity index (χ1v) is 7.43. The molecule has 0 aliphatic carbocycles. The van der Waals surface area contributed by atoms with Crippen molar-refractivity contribution < 1.29 is 34.3 Å². The molecule has 0 spiro atoms. The van der Waals surface area contributed by atoms with E-state index < -0.39 is 42.9 Å². The molecule has 2 heterocycles. The molecule has 8 heteroatoms. The topological polar surface area (TPSA) is 130 Å². The van der Waals surface area contributed by atoms with Gasteiger partial charge in [0.05, 0.1) is 18.1 Å². The lowest BCUT2D eigenvalue weighted by Crippen LogP contribution is -2.60. The number of aryl methyl sites for hydroxylation is 1. The van der Waals surface area contributed by atoms with Gasteiger partial charge in [0.15, 0.2) is 12.4 Å². The van der Waals surface area contributed by atoms with Gasteiger partial charge in [0.1, 0.15) is 29.6 Å². The van der Waals surface area contributed by atoms with Crippen LogP contribution in [0.2, 0.25) is 0 Å². The molecular weight excluding hydrogens is 320 g/mol. The van der Waals surface area contributed by atoms with E-state index in [1.165, 1.54) is 0 Å². The average Bonchev–Trinajstić information content (AvgIpc) is 2.54. The van der Waals surface area contributed by atoms with Crippen molar-refractivity contribution >= 4 is 11.0 Å². The molecule has 1 saturated heterocycles. The second kappa shape index (κ2) is 6.50. The fourth-order valence-corrected chi connectivity index (χ4v) is 2.81. The van der Waals surface area contributed by atoms with E-state index >= 15 is 0 Å². The summed E-state index contributed by atoms with van der Waals surface area (Å²) in [6.07, 6.45) is -7.03. The molecule has 0 radical (unpaired) electrons. The highest BCUT2D eigenvalue weighted by atomic mass is 16.7. The largest absolute Gasteiger partial charge is 0.484 e. The van der Waals surface area contributed by atoms with Gasteiger partial charge in [0.25, 0.3) is 0 Å². The van der Waals surface area contributed by atoms with Crippen LogP contribution in [0.1, 0.15) is 5.56 Å². The Morgan fingerprint density at radius 3 is 2.67 bits per heavy atom. The van der Waals surface area contributed by atoms with Gasteiger partial charge in [-0.15, -0.1) is 0 Å². The second-order valence-corrected chi connectivity index (χ2v) is 5.69. The van der Waals surface area contributed by atoms with Gasteiger partial charge in [-0.3, -0.25) is 0 Å². The van der Waals surface area contributed by atoms with E-state index in [0.29, 0.717) is 11.0 Å². The molecule has 5 atom stereocenters. The molecule has 0 saturated carbocycles. The summed E-state index contributed by atoms with van der Waals surface area (Å²) >= 11 is 0. The maximum absolute atomic E-state index is 11.7. The zero-order valence-corrected chi connectivity index (χ0v) is 12.8. The molecule has 24 heavy (non-hydrogen) atoms. The third kappa shape index (κ3) is 2.90. The summed E-state index contributed by atoms with van der Waals surface area (Å²) in [5, 5.41) is 39.4. The second-order valence-electron chi connectivity index (χ2n) is 5.69. The summed E-state index contributed by atoms with van der Waals surface area (Å²) in [7, 11) is 0. The van der Waals surface area contributed by atoms with E-state index in [1.54, 1.807) is 25.1 Å². The maximum atomic E-state index is 11.7. The number of rotatable bonds is 3. The molecule has 3 rings (SSSR count). The number of benzene rings is 1. The summed E-state index contributed by atoms with van der Waals surface area (Å²) in [4.78, 5) is 11.7. The molecule has 0 amide bonds. The highest BCUT2D eigenvalue weighted by Crippen LogP contribution is 2.31. The van der Waals surface area contributed by atoms with Gasteiger partial charge < -0.3 is 34.3 Å². The highest BCUT2D eigenvalue weighted by molar-refractivity contribution is 5.86. The number of aliphatic hydroxyl groups excluding tert-OH is 4. The van der Waals surface area contributed by atoms with Crippen LogP contribution in [0.4, 0.5) is 0 Å². The zero-order valence-electron chi connectivity index (χ0n) is 12.8. The predicted octanol–water partition coefficient (Wildman–Crippen LogP) is -0.720. The average molecular weight is 338 g/mol. The maximum Gasteiger partial charge on any atom is 0.339 e. The van der Waals surface area contributed by atoms with Gasteiger partial charge in [-0.1, -0.05) is 12.1 Å². The summed E-state index contributed by atoms with van der Waals surface area (Å²) < 4.78 is 15.9. The summed E-state index contributed by atoms with van der Waals surface area (Å²) in [6.45, 7) is 1.25. The Hall–Kier alpha value is -1.97. The Kier molecular flexibility index (Phi) is 4.57. The van der Waals surface area contributed by atoms with Crippen molar-refractivity contribution in [2.75, 3.05) is 6.61 Å². The van der Waals surface area contributed by atoms with Gasteiger partial charge in [-0.2, -0.15) is 0 Å². The lowest BCUT2D eigenvalue weighted by atomic mass is 9.99. The molecule has 8 nitrogen and oxygen atoms in total. The van der Waals surface area contributed by atoms with Crippen molar-refractivity contribution in [2.24, 2.45) is 0 Å². The molecule has 130 valence electrons. The minimum Gasteiger partial charge on any atom is -0.484 e. The fourth-order valence-electron chi connectivity index (χ4n) is 2.81. The van der Waals surface area contributed by atoms with Crippen LogP contribution in [0, 0.1) is 6.92 Å². The number of hydrogen-bond acceptors (Lipinski definition) is 8. The van der Waals surface area contributed by atoms with Crippen molar-refractivity contribution in [3.8, 4) is 5.75 Å². The Bertz CT molecular complexity index is 783. The van der Waals surface area contributed by atoms with Crippen molar-refractivity contribution in [3.05, 3.63) is 40.2 Å². The number of fused-ring (bicyclic) bond motifs is 1. The van der Waals surface area contributed by atoms with Gasteiger partial charge in [0.2, 0.25) is 0 Å². The zero-order chi connectivity index (χ0) is 17.4. The van der Waals surface area contributed by atoms with Crippen molar-refractivity contribution in [1.29, 1.82) is 0 Å². The van der Waals surface area contributed by atoms with Crippen molar-refractivity contribution in [3.63, 3.8) is 0 Å². The van der Waals surface area contributed by atoms with Crippen LogP contribution in [0.15, 0.2) is 33.5 Å². The number of ether oxygens (including phenoxy) is 2. The Balaban J connectivity index is 2.03. The fraction of sp³-hybridized carbons (Fsp3) is 0.438. The first-order chi connectivity index (χ1) is 11.4. The first kappa shape index (κ1) is 16.9. The van der Waals surface area contributed by atoms with Crippen LogP contribution in [0.5, 0.6) is 5.75 Å².